The fraction of sp³-hybridized carbons (Fsp3) is 0.222. The van der Waals surface area contributed by atoms with Gasteiger partial charge in [0, 0.05) is 24.3 Å². The minimum Gasteiger partial charge on any atom is -0.339 e. The molecule has 0 spiro atoms. The van der Waals surface area contributed by atoms with E-state index in [9.17, 15) is 14.0 Å². The molecule has 1 aliphatic rings. The number of hydrogen-bond donors (Lipinski definition) is 1. The molecule has 4 nitrogen and oxygen atoms in total. The quantitative estimate of drug-likeness (QED) is 0.914. The number of carbonyl (C=O) groups is 2. The van der Waals surface area contributed by atoms with E-state index in [4.69, 9.17) is 11.6 Å². The van der Waals surface area contributed by atoms with Crippen LogP contribution < -0.4 is 5.32 Å². The highest BCUT2D eigenvalue weighted by atomic mass is 35.5. The van der Waals surface area contributed by atoms with Gasteiger partial charge in [0.15, 0.2) is 0 Å². The Labute approximate surface area is 144 Å². The molecule has 0 aliphatic carbocycles. The van der Waals surface area contributed by atoms with Crippen LogP contribution in [0.2, 0.25) is 5.02 Å². The average molecular weight is 347 g/mol. The van der Waals surface area contributed by atoms with Gasteiger partial charge < -0.3 is 10.2 Å². The Bertz CT molecular complexity index is 768. The zero-order valence-corrected chi connectivity index (χ0v) is 13.6. The van der Waals surface area contributed by atoms with Crippen LogP contribution in [0.1, 0.15) is 33.6 Å². The summed E-state index contributed by atoms with van der Waals surface area (Å²) in [7, 11) is 0. The number of hydrogen-bond acceptors (Lipinski definition) is 2. The molecule has 0 bridgehead atoms. The highest BCUT2D eigenvalue weighted by Gasteiger charge is 2.20. The minimum atomic E-state index is -0.690. The number of carbonyl (C=O) groups excluding carboxylic acids is 2. The summed E-state index contributed by atoms with van der Waals surface area (Å²) in [5.74, 6) is -1.40. The first-order valence-electron chi connectivity index (χ1n) is 7.71. The first kappa shape index (κ1) is 16.5. The van der Waals surface area contributed by atoms with Crippen molar-refractivity contribution in [1.29, 1.82) is 0 Å². The first-order valence-corrected chi connectivity index (χ1v) is 8.09. The van der Waals surface area contributed by atoms with Gasteiger partial charge in [-0.3, -0.25) is 9.59 Å². The molecule has 0 unspecified atom stereocenters. The fourth-order valence-electron chi connectivity index (χ4n) is 2.74. The Morgan fingerprint density at radius 3 is 2.50 bits per heavy atom. The molecule has 1 aliphatic heterocycles. The lowest BCUT2D eigenvalue weighted by Gasteiger charge is -2.16. The van der Waals surface area contributed by atoms with Crippen molar-refractivity contribution in [3.63, 3.8) is 0 Å². The molecular weight excluding hydrogens is 331 g/mol. The van der Waals surface area contributed by atoms with Crippen LogP contribution in [0.25, 0.3) is 0 Å². The SMILES string of the molecule is O=C(Nc1cccc(C(=O)N2CCCC2)c1)c1c(F)cccc1Cl. The van der Waals surface area contributed by atoms with E-state index < -0.39 is 11.7 Å². The van der Waals surface area contributed by atoms with Crippen molar-refractivity contribution >= 4 is 29.1 Å². The van der Waals surface area contributed by atoms with Crippen molar-refractivity contribution in [3.8, 4) is 0 Å². The third kappa shape index (κ3) is 3.41. The smallest absolute Gasteiger partial charge is 0.260 e. The highest BCUT2D eigenvalue weighted by Crippen LogP contribution is 2.21. The summed E-state index contributed by atoms with van der Waals surface area (Å²) < 4.78 is 13.8. The molecule has 124 valence electrons. The zero-order valence-electron chi connectivity index (χ0n) is 12.9. The van der Waals surface area contributed by atoms with Gasteiger partial charge in [0.05, 0.1) is 10.6 Å². The fourth-order valence-corrected chi connectivity index (χ4v) is 2.99. The van der Waals surface area contributed by atoms with Gasteiger partial charge in [0.1, 0.15) is 5.82 Å². The molecule has 1 saturated heterocycles. The highest BCUT2D eigenvalue weighted by molar-refractivity contribution is 6.34. The van der Waals surface area contributed by atoms with Crippen LogP contribution in [0.4, 0.5) is 10.1 Å². The topological polar surface area (TPSA) is 49.4 Å². The molecule has 2 aromatic rings. The molecular formula is C18H16ClFN2O2. The lowest BCUT2D eigenvalue weighted by molar-refractivity contribution is 0.0792. The summed E-state index contributed by atoms with van der Waals surface area (Å²) in [4.78, 5) is 26.4. The predicted octanol–water partition coefficient (Wildman–Crippen LogP) is 3.97. The second kappa shape index (κ2) is 7.01. The van der Waals surface area contributed by atoms with Gasteiger partial charge in [-0.2, -0.15) is 0 Å². The molecule has 1 fully saturated rings. The number of halogens is 2. The summed E-state index contributed by atoms with van der Waals surface area (Å²) in [6, 6.07) is 10.7. The van der Waals surface area contributed by atoms with Crippen LogP contribution in [-0.4, -0.2) is 29.8 Å². The largest absolute Gasteiger partial charge is 0.339 e. The maximum absolute atomic E-state index is 13.8. The van der Waals surface area contributed by atoms with Crippen LogP contribution in [0, 0.1) is 5.82 Å². The Morgan fingerprint density at radius 1 is 1.08 bits per heavy atom. The van der Waals surface area contributed by atoms with Crippen LogP contribution in [0.15, 0.2) is 42.5 Å². The molecule has 0 radical (unpaired) electrons. The monoisotopic (exact) mass is 346 g/mol. The van der Waals surface area contributed by atoms with Gasteiger partial charge >= 0.3 is 0 Å². The van der Waals surface area contributed by atoms with E-state index in [2.05, 4.69) is 5.32 Å². The van der Waals surface area contributed by atoms with Crippen molar-refractivity contribution in [1.82, 2.24) is 4.90 Å². The first-order chi connectivity index (χ1) is 11.6. The van der Waals surface area contributed by atoms with E-state index in [0.717, 1.165) is 25.9 Å². The molecule has 3 rings (SSSR count). The van der Waals surface area contributed by atoms with Crippen LogP contribution in [0.3, 0.4) is 0 Å². The standard InChI is InChI=1S/C18H16ClFN2O2/c19-14-7-4-8-15(20)16(14)17(23)21-13-6-3-5-12(11-13)18(24)22-9-1-2-10-22/h3-8,11H,1-2,9-10H2,(H,21,23). The van der Waals surface area contributed by atoms with Crippen LogP contribution >= 0.6 is 11.6 Å². The van der Waals surface area contributed by atoms with Gasteiger partial charge in [0.25, 0.3) is 11.8 Å². The van der Waals surface area contributed by atoms with Crippen molar-refractivity contribution in [2.45, 2.75) is 12.8 Å². The van der Waals surface area contributed by atoms with Crippen molar-refractivity contribution in [2.75, 3.05) is 18.4 Å². The number of benzene rings is 2. The number of amides is 2. The van der Waals surface area contributed by atoms with E-state index in [1.165, 1.54) is 18.2 Å². The number of rotatable bonds is 3. The molecule has 1 heterocycles. The minimum absolute atomic E-state index is 0.0387. The zero-order chi connectivity index (χ0) is 17.1. The van der Waals surface area contributed by atoms with E-state index in [-0.39, 0.29) is 16.5 Å². The number of nitrogens with one attached hydrogen (secondary N) is 1. The second-order valence-corrected chi connectivity index (χ2v) is 6.04. The van der Waals surface area contributed by atoms with Crippen molar-refractivity contribution in [3.05, 3.63) is 64.4 Å². The molecule has 0 saturated carbocycles. The van der Waals surface area contributed by atoms with Crippen molar-refractivity contribution in [2.24, 2.45) is 0 Å². The summed E-state index contributed by atoms with van der Waals surface area (Å²) in [6.07, 6.45) is 2.02. The maximum atomic E-state index is 13.8. The normalized spacial score (nSPS) is 13.8. The van der Waals surface area contributed by atoms with E-state index in [1.54, 1.807) is 29.2 Å². The second-order valence-electron chi connectivity index (χ2n) is 5.63. The Balaban J connectivity index is 1.79. The van der Waals surface area contributed by atoms with E-state index in [1.807, 2.05) is 0 Å². The van der Waals surface area contributed by atoms with Crippen molar-refractivity contribution < 1.29 is 14.0 Å². The molecule has 2 aromatic carbocycles. The predicted molar refractivity (Wildman–Crippen MR) is 90.9 cm³/mol. The number of nitrogens with zero attached hydrogens (tertiary/aromatic N) is 1. The third-order valence-corrected chi connectivity index (χ3v) is 4.27. The lowest BCUT2D eigenvalue weighted by atomic mass is 10.1. The van der Waals surface area contributed by atoms with Crippen LogP contribution in [-0.2, 0) is 0 Å². The summed E-state index contributed by atoms with van der Waals surface area (Å²) in [6.45, 7) is 1.50. The Hall–Kier alpha value is -2.40. The van der Waals surface area contributed by atoms with E-state index >= 15 is 0 Å². The molecule has 1 N–H and O–H groups in total. The van der Waals surface area contributed by atoms with Gasteiger partial charge in [-0.05, 0) is 43.2 Å². The summed E-state index contributed by atoms with van der Waals surface area (Å²) in [5.41, 5.74) is 0.703. The van der Waals surface area contributed by atoms with Gasteiger partial charge in [-0.25, -0.2) is 4.39 Å². The maximum Gasteiger partial charge on any atom is 0.260 e. The molecule has 6 heteroatoms. The van der Waals surface area contributed by atoms with Crippen LogP contribution in [0.5, 0.6) is 0 Å². The van der Waals surface area contributed by atoms with Gasteiger partial charge in [-0.1, -0.05) is 23.7 Å². The third-order valence-electron chi connectivity index (χ3n) is 3.95. The van der Waals surface area contributed by atoms with E-state index in [0.29, 0.717) is 11.3 Å². The Morgan fingerprint density at radius 2 is 1.79 bits per heavy atom. The molecule has 24 heavy (non-hydrogen) atoms. The number of anilines is 1. The summed E-state index contributed by atoms with van der Waals surface area (Å²) in [5, 5.41) is 2.63. The lowest BCUT2D eigenvalue weighted by Crippen LogP contribution is -2.27. The van der Waals surface area contributed by atoms with Gasteiger partial charge in [-0.15, -0.1) is 0 Å². The Kier molecular flexibility index (Phi) is 4.81. The number of likely N-dealkylation sites (tertiary alicyclic amines) is 1. The molecule has 0 atom stereocenters. The molecule has 2 amide bonds. The average Bonchev–Trinajstić information content (AvgIpc) is 3.08. The molecule has 0 aromatic heterocycles. The summed E-state index contributed by atoms with van der Waals surface area (Å²) >= 11 is 5.90. The van der Waals surface area contributed by atoms with Gasteiger partial charge in [0.2, 0.25) is 0 Å².